The van der Waals surface area contributed by atoms with Gasteiger partial charge >= 0.3 is 0 Å². The Morgan fingerprint density at radius 2 is 1.70 bits per heavy atom. The number of fused-ring (bicyclic) bond motifs is 1. The second-order valence-electron chi connectivity index (χ2n) is 7.14. The highest BCUT2D eigenvalue weighted by Gasteiger charge is 2.17. The highest BCUT2D eigenvalue weighted by atomic mass is 16.6. The maximum Gasteiger partial charge on any atom is 0.238 e. The molecule has 2 amide bonds. The van der Waals surface area contributed by atoms with Crippen molar-refractivity contribution in [2.75, 3.05) is 45.8 Å². The maximum atomic E-state index is 12.4. The van der Waals surface area contributed by atoms with Gasteiger partial charge in [-0.2, -0.15) is 0 Å². The maximum absolute atomic E-state index is 12.4. The number of nitrogens with zero attached hydrogens (tertiary/aromatic N) is 1. The van der Waals surface area contributed by atoms with E-state index >= 15 is 0 Å². The molecule has 0 unspecified atom stereocenters. The minimum absolute atomic E-state index is 0.0951. The van der Waals surface area contributed by atoms with Crippen LogP contribution in [0.2, 0.25) is 0 Å². The summed E-state index contributed by atoms with van der Waals surface area (Å²) in [6.45, 7) is 3.15. The molecule has 0 spiro atoms. The highest BCUT2D eigenvalue weighted by Crippen LogP contribution is 2.32. The Hall–Kier alpha value is -3.26. The van der Waals surface area contributed by atoms with E-state index in [1.807, 2.05) is 25.1 Å². The van der Waals surface area contributed by atoms with E-state index in [0.717, 1.165) is 5.56 Å². The van der Waals surface area contributed by atoms with Crippen molar-refractivity contribution in [3.8, 4) is 17.2 Å². The molecule has 1 aliphatic rings. The number of methoxy groups -OCH3 is 1. The lowest BCUT2D eigenvalue weighted by molar-refractivity contribution is -0.123. The van der Waals surface area contributed by atoms with Gasteiger partial charge in [-0.25, -0.2) is 0 Å². The second-order valence-corrected chi connectivity index (χ2v) is 7.14. The zero-order valence-electron chi connectivity index (χ0n) is 17.4. The van der Waals surface area contributed by atoms with Gasteiger partial charge in [-0.05, 0) is 55.9 Å². The van der Waals surface area contributed by atoms with Gasteiger partial charge in [-0.3, -0.25) is 14.5 Å². The molecule has 2 aromatic rings. The molecule has 2 aromatic carbocycles. The standard InChI is InChI=1S/C22H27N3O5/c1-15(16-4-9-19-20(12-16)30-11-10-29-19)23-21(26)13-25(2)14-22(27)24-17-5-7-18(28-3)8-6-17/h4-9,12,15H,10-11,13-14H2,1-3H3,(H,23,26)(H,24,27)/t15-/m1/s1. The number of hydrogen-bond donors (Lipinski definition) is 2. The number of likely N-dealkylation sites (N-methyl/N-ethyl adjacent to an activating group) is 1. The van der Waals surface area contributed by atoms with Crippen molar-refractivity contribution in [3.63, 3.8) is 0 Å². The molecule has 0 saturated heterocycles. The molecule has 0 saturated carbocycles. The summed E-state index contributed by atoms with van der Waals surface area (Å²) in [7, 11) is 3.31. The number of benzene rings is 2. The summed E-state index contributed by atoms with van der Waals surface area (Å²) in [5.74, 6) is 1.75. The molecule has 1 atom stereocenters. The molecule has 1 heterocycles. The molecule has 0 aliphatic carbocycles. The Labute approximate surface area is 176 Å². The van der Waals surface area contributed by atoms with Crippen LogP contribution in [0.3, 0.4) is 0 Å². The molecule has 3 rings (SSSR count). The summed E-state index contributed by atoms with van der Waals surface area (Å²) in [5, 5.41) is 5.75. The Morgan fingerprint density at radius 3 is 2.40 bits per heavy atom. The molecule has 0 aromatic heterocycles. The first-order chi connectivity index (χ1) is 14.4. The number of hydrogen-bond acceptors (Lipinski definition) is 6. The van der Waals surface area contributed by atoms with Crippen LogP contribution in [0, 0.1) is 0 Å². The first-order valence-corrected chi connectivity index (χ1v) is 9.76. The summed E-state index contributed by atoms with van der Waals surface area (Å²) >= 11 is 0. The number of carbonyl (C=O) groups is 2. The summed E-state index contributed by atoms with van der Waals surface area (Å²) in [4.78, 5) is 26.2. The third-order valence-electron chi connectivity index (χ3n) is 4.64. The summed E-state index contributed by atoms with van der Waals surface area (Å²) in [5.41, 5.74) is 1.60. The number of anilines is 1. The molecule has 30 heavy (non-hydrogen) atoms. The van der Waals surface area contributed by atoms with Crippen LogP contribution in [-0.4, -0.2) is 57.2 Å². The number of amides is 2. The van der Waals surface area contributed by atoms with Crippen molar-refractivity contribution in [2.24, 2.45) is 0 Å². The molecule has 1 aliphatic heterocycles. The van der Waals surface area contributed by atoms with Gasteiger partial charge in [-0.1, -0.05) is 6.07 Å². The molecule has 8 nitrogen and oxygen atoms in total. The smallest absolute Gasteiger partial charge is 0.238 e. The summed E-state index contributed by atoms with van der Waals surface area (Å²) in [6.07, 6.45) is 0. The van der Waals surface area contributed by atoms with Crippen molar-refractivity contribution < 1.29 is 23.8 Å². The minimum atomic E-state index is -0.199. The number of ether oxygens (including phenoxy) is 3. The molecule has 0 fully saturated rings. The molecule has 160 valence electrons. The monoisotopic (exact) mass is 413 g/mol. The molecule has 2 N–H and O–H groups in total. The van der Waals surface area contributed by atoms with Crippen molar-refractivity contribution in [1.82, 2.24) is 10.2 Å². The average Bonchev–Trinajstić information content (AvgIpc) is 2.73. The molecule has 0 bridgehead atoms. The fourth-order valence-electron chi connectivity index (χ4n) is 3.12. The van der Waals surface area contributed by atoms with Crippen molar-refractivity contribution in [3.05, 3.63) is 48.0 Å². The van der Waals surface area contributed by atoms with E-state index in [0.29, 0.717) is 36.1 Å². The van der Waals surface area contributed by atoms with Crippen LogP contribution in [0.15, 0.2) is 42.5 Å². The van der Waals surface area contributed by atoms with E-state index < -0.39 is 0 Å². The molecule has 0 radical (unpaired) electrons. The Kier molecular flexibility index (Phi) is 7.13. The number of nitrogens with one attached hydrogen (secondary N) is 2. The first kappa shape index (κ1) is 21.4. The van der Waals surface area contributed by atoms with Crippen LogP contribution in [0.5, 0.6) is 17.2 Å². The SMILES string of the molecule is COc1ccc(NC(=O)CN(C)CC(=O)N[C@H](C)c2ccc3c(c2)OCCO3)cc1. The Morgan fingerprint density at radius 1 is 1.03 bits per heavy atom. The van der Waals surface area contributed by atoms with Gasteiger partial charge in [0.25, 0.3) is 0 Å². The summed E-state index contributed by atoms with van der Waals surface area (Å²) < 4.78 is 16.2. The minimum Gasteiger partial charge on any atom is -0.497 e. The number of carbonyl (C=O) groups excluding carboxylic acids is 2. The van der Waals surface area contributed by atoms with E-state index in [1.54, 1.807) is 43.3 Å². The van der Waals surface area contributed by atoms with E-state index in [1.165, 1.54) is 0 Å². The third kappa shape index (κ3) is 5.87. The third-order valence-corrected chi connectivity index (χ3v) is 4.64. The van der Waals surface area contributed by atoms with Gasteiger partial charge in [-0.15, -0.1) is 0 Å². The van der Waals surface area contributed by atoms with Crippen molar-refractivity contribution in [2.45, 2.75) is 13.0 Å². The fraction of sp³-hybridized carbons (Fsp3) is 0.364. The zero-order chi connectivity index (χ0) is 21.5. The predicted octanol–water partition coefficient (Wildman–Crippen LogP) is 2.21. The Bertz CT molecular complexity index is 885. The van der Waals surface area contributed by atoms with Crippen LogP contribution in [0.25, 0.3) is 0 Å². The molecule has 8 heteroatoms. The molecular weight excluding hydrogens is 386 g/mol. The van der Waals surface area contributed by atoms with Crippen LogP contribution < -0.4 is 24.8 Å². The van der Waals surface area contributed by atoms with E-state index in [4.69, 9.17) is 14.2 Å². The normalized spacial score (nSPS) is 13.5. The van der Waals surface area contributed by atoms with Gasteiger partial charge in [0.2, 0.25) is 11.8 Å². The lowest BCUT2D eigenvalue weighted by Gasteiger charge is -2.22. The van der Waals surface area contributed by atoms with Crippen LogP contribution >= 0.6 is 0 Å². The number of rotatable bonds is 8. The van der Waals surface area contributed by atoms with E-state index in [9.17, 15) is 9.59 Å². The fourth-order valence-corrected chi connectivity index (χ4v) is 3.12. The topological polar surface area (TPSA) is 89.1 Å². The van der Waals surface area contributed by atoms with E-state index in [2.05, 4.69) is 10.6 Å². The van der Waals surface area contributed by atoms with Gasteiger partial charge in [0.1, 0.15) is 19.0 Å². The van der Waals surface area contributed by atoms with Crippen molar-refractivity contribution in [1.29, 1.82) is 0 Å². The van der Waals surface area contributed by atoms with Gasteiger partial charge in [0.05, 0.1) is 26.2 Å². The first-order valence-electron chi connectivity index (χ1n) is 9.76. The largest absolute Gasteiger partial charge is 0.497 e. The van der Waals surface area contributed by atoms with Crippen LogP contribution in [0.1, 0.15) is 18.5 Å². The lowest BCUT2D eigenvalue weighted by atomic mass is 10.1. The second kappa shape index (κ2) is 9.98. The quantitative estimate of drug-likeness (QED) is 0.690. The van der Waals surface area contributed by atoms with Crippen molar-refractivity contribution >= 4 is 17.5 Å². The van der Waals surface area contributed by atoms with E-state index in [-0.39, 0.29) is 30.9 Å². The van der Waals surface area contributed by atoms with Gasteiger partial charge in [0, 0.05) is 5.69 Å². The molecular formula is C22H27N3O5. The highest BCUT2D eigenvalue weighted by molar-refractivity contribution is 5.92. The zero-order valence-corrected chi connectivity index (χ0v) is 17.4. The average molecular weight is 413 g/mol. The predicted molar refractivity (Wildman–Crippen MR) is 113 cm³/mol. The Balaban J connectivity index is 1.45. The van der Waals surface area contributed by atoms with Gasteiger partial charge in [0.15, 0.2) is 11.5 Å². The lowest BCUT2D eigenvalue weighted by Crippen LogP contribution is -2.39. The van der Waals surface area contributed by atoms with Crippen LogP contribution in [-0.2, 0) is 9.59 Å². The van der Waals surface area contributed by atoms with Gasteiger partial charge < -0.3 is 24.8 Å². The van der Waals surface area contributed by atoms with Crippen LogP contribution in [0.4, 0.5) is 5.69 Å². The summed E-state index contributed by atoms with van der Waals surface area (Å²) in [6, 6.07) is 12.5.